The van der Waals surface area contributed by atoms with Crippen LogP contribution in [-0.2, 0) is 118 Å². The van der Waals surface area contributed by atoms with Crippen LogP contribution in [0.25, 0.3) is 11.2 Å². The number of aromatic nitrogens is 4. The number of carbonyl (C=O) groups excluding carboxylic acids is 1. The summed E-state index contributed by atoms with van der Waals surface area (Å²) in [5.41, 5.74) is 14.3. The molecule has 2 aliphatic heterocycles. The average Bonchev–Trinajstić information content (AvgIpc) is 1.60. The van der Waals surface area contributed by atoms with Gasteiger partial charge >= 0.3 is 5.97 Å². The number of ether oxygens (including phenoxy) is 1. The largest absolute Gasteiger partial charge is 0.748 e. The first-order valence-electron chi connectivity index (χ1n) is 28.9. The molecule has 0 bridgehead atoms. The van der Waals surface area contributed by atoms with E-state index in [1.807, 2.05) is 49.6 Å². The Balaban J connectivity index is 0.00000588. The Morgan fingerprint density at radius 3 is 2.23 bits per heavy atom. The van der Waals surface area contributed by atoms with Crippen LogP contribution in [0.15, 0.2) is 143 Å². The molecule has 1 radical (unpaired) electrons. The molecule has 0 fully saturated rings. The zero-order valence-corrected chi connectivity index (χ0v) is 59.0. The first kappa shape index (κ1) is 71.8. The van der Waals surface area contributed by atoms with E-state index in [9.17, 15) is 58.4 Å². The van der Waals surface area contributed by atoms with Gasteiger partial charge in [-0.1, -0.05) is 55.8 Å². The summed E-state index contributed by atoms with van der Waals surface area (Å²) in [4.78, 5) is 55.6. The van der Waals surface area contributed by atoms with Crippen molar-refractivity contribution < 1.29 is 117 Å². The second-order valence-corrected chi connectivity index (χ2v) is 28.1. The molecule has 9 rings (SSSR count). The third kappa shape index (κ3) is 18.2. The fourth-order valence-electron chi connectivity index (χ4n) is 11.6. The Labute approximate surface area is 568 Å². The summed E-state index contributed by atoms with van der Waals surface area (Å²) in [5.74, 6) is -2.46. The maximum absolute atomic E-state index is 13.5. The normalized spacial score (nSPS) is 16.6. The monoisotopic (exact) mass is 1550 g/mol. The number of benzene rings is 4. The van der Waals surface area contributed by atoms with Gasteiger partial charge in [0.1, 0.15) is 29.8 Å². The number of aliphatic carboxylic acids is 1. The third-order valence-corrected chi connectivity index (χ3v) is 18.4. The molecule has 3 aliphatic rings. The Morgan fingerprint density at radius 2 is 1.55 bits per heavy atom. The van der Waals surface area contributed by atoms with E-state index in [-0.39, 0.29) is 108 Å². The summed E-state index contributed by atoms with van der Waals surface area (Å²) in [6.45, 7) is 11.3. The van der Waals surface area contributed by atoms with Crippen molar-refractivity contribution in [3.63, 3.8) is 0 Å². The Morgan fingerprint density at radius 1 is 0.846 bits per heavy atom. The van der Waals surface area contributed by atoms with Gasteiger partial charge in [-0.25, -0.2) is 23.2 Å². The van der Waals surface area contributed by atoms with Gasteiger partial charge in [0.15, 0.2) is 16.9 Å². The molecule has 0 unspecified atom stereocenters. The fraction of sp³-hybridized carbons (Fsp3) is 0.349. The van der Waals surface area contributed by atoms with Crippen molar-refractivity contribution in [3.05, 3.63) is 187 Å². The number of aromatic amines is 1. The van der Waals surface area contributed by atoms with Crippen molar-refractivity contribution >= 4 is 82.1 Å². The fourth-order valence-corrected chi connectivity index (χ4v) is 13.3. The van der Waals surface area contributed by atoms with Crippen molar-refractivity contribution in [2.75, 3.05) is 40.5 Å². The zero-order valence-electron chi connectivity index (χ0n) is 50.8. The first-order chi connectivity index (χ1) is 41.9. The topological polar surface area (TPSA) is 357 Å². The van der Waals surface area contributed by atoms with Gasteiger partial charge in [-0.3, -0.25) is 23.7 Å². The number of hydrogen-bond acceptors (Lipinski definition) is 17. The molecule has 0 saturated heterocycles. The van der Waals surface area contributed by atoms with Gasteiger partial charge < -0.3 is 35.7 Å². The number of nitrogens with two attached hydrogens (primary N) is 1. The van der Waals surface area contributed by atoms with Gasteiger partial charge in [0.25, 0.3) is 31.7 Å². The van der Waals surface area contributed by atoms with Crippen LogP contribution in [0, 0.1) is 6.92 Å². The van der Waals surface area contributed by atoms with Crippen molar-refractivity contribution in [2.45, 2.75) is 115 Å². The van der Waals surface area contributed by atoms with Crippen LogP contribution >= 0.6 is 0 Å². The molecule has 8 N–H and O–H groups in total. The number of amides is 1. The van der Waals surface area contributed by atoms with Crippen LogP contribution in [0.4, 0.5) is 23.0 Å². The van der Waals surface area contributed by atoms with Gasteiger partial charge in [0.2, 0.25) is 11.6 Å². The number of carboxylic acids is 1. The number of allylic oxidation sites excluding steroid dienone is 7. The van der Waals surface area contributed by atoms with Crippen LogP contribution < -0.4 is 31.6 Å². The minimum atomic E-state index is -4.47. The van der Waals surface area contributed by atoms with Crippen molar-refractivity contribution in [1.29, 1.82) is 0 Å². The molecule has 1 aliphatic carbocycles. The molecular weight excluding hydrogens is 1480 g/mol. The van der Waals surface area contributed by atoms with Gasteiger partial charge in [-0.05, 0) is 148 Å². The number of nitrogens with zero attached hydrogens (tertiary/aromatic N) is 5. The summed E-state index contributed by atoms with van der Waals surface area (Å²) < 4.78 is 111. The number of unbranched alkanes of at least 4 members (excludes halogenated alkanes) is 2. The molecule has 28 heteroatoms. The number of rotatable bonds is 25. The van der Waals surface area contributed by atoms with E-state index in [2.05, 4.69) is 67.5 Å². The van der Waals surface area contributed by atoms with Gasteiger partial charge in [0, 0.05) is 125 Å². The number of nitrogens with one attached hydrogen (secondary N) is 3. The summed E-state index contributed by atoms with van der Waals surface area (Å²) >= 11 is 0. The molecule has 4 aromatic carbocycles. The van der Waals surface area contributed by atoms with E-state index in [4.69, 9.17) is 10.5 Å². The summed E-state index contributed by atoms with van der Waals surface area (Å²) in [6, 6.07) is 23.3. The third-order valence-electron chi connectivity index (χ3n) is 16.1. The number of fused-ring (bicyclic) bond motifs is 3. The average molecular weight is 1560 g/mol. The molecular formula is C63H71N9O14S3WY. The Kier molecular flexibility index (Phi) is 23.3. The summed E-state index contributed by atoms with van der Waals surface area (Å²) in [7, 11) is -13.0. The standard InChI is InChI=1S/C63H71N9O14S3.W.Y/c1-39-13-25-51-48(33-39)62(2,3)53(71(51)29-6-8-31-87(77,78)79)27-19-42-11-10-12-43(20-28-54-63(4,5)49-34-41(38-89(83,84)85)16-26-52(49)72(54)30-7-9-32-88(80,81)82)56(42)86-47-23-14-40(15-24-47)35-50(60(75)76)68-58(73)44-17-21-45(22-18-44)65-36-46-37-66-57-55(67-46)59(74)70-61(64)69-57;;/h13-28,33-34,37,50H,6-12,29-32,35-36,38H2,1-5H3,(H8-,64,65,66,68,69,70,73,74,75,76,77,78,79,80,81,82,83,84,85);;/t50-;;/m0../s1/i14+1,15+1,23+1,35+1,40+1,47+1,50+1,60+1;;. The maximum atomic E-state index is 13.5. The SMILES string of the molecule is Cc1ccc2c(c1)C(C)(C)/C(=C\C=C1/CCCC(/C=C/C3=[N+](CCCCS(=O)(=O)[O-])c4ccc(CS(=O)(=O)O)cc4C3(C)C)=C1O[13c]1c[13cH][13c]([13CH2][13C@H](NC(=O)c3ccc(NCc4cnc5nc(N)[nH]c(=O)c5n4)cc3)[13C](=O)O)[13cH][13cH]1)N2CCCCS(=O)(=O)O.[W].[Y]. The Hall–Kier alpha value is -6.61. The second kappa shape index (κ2) is 29.6. The van der Waals surface area contributed by atoms with E-state index >= 15 is 0 Å². The van der Waals surface area contributed by atoms with Crippen LogP contribution in [-0.4, -0.2) is 117 Å². The van der Waals surface area contributed by atoms with Crippen molar-refractivity contribution in [3.8, 4) is 5.75 Å². The number of carbonyl (C=O) groups is 2. The number of aryl methyl sites for hydroxylation is 1. The molecule has 2 aromatic heterocycles. The van der Waals surface area contributed by atoms with Crippen LogP contribution in [0.5, 0.6) is 5.75 Å². The van der Waals surface area contributed by atoms with Gasteiger partial charge in [-0.2, -0.15) is 26.4 Å². The molecule has 4 heterocycles. The molecule has 6 aromatic rings. The van der Waals surface area contributed by atoms with Crippen molar-refractivity contribution in [1.82, 2.24) is 25.3 Å². The predicted molar refractivity (Wildman–Crippen MR) is 337 cm³/mol. The second-order valence-electron chi connectivity index (χ2n) is 23.5. The van der Waals surface area contributed by atoms with E-state index < -0.39 is 76.2 Å². The van der Waals surface area contributed by atoms with Crippen LogP contribution in [0.2, 0.25) is 0 Å². The zero-order chi connectivity index (χ0) is 64.2. The van der Waals surface area contributed by atoms with Gasteiger partial charge in [0.05, 0.1) is 39.7 Å². The molecule has 1 amide bonds. The maximum Gasteiger partial charge on any atom is 0.326 e. The minimum Gasteiger partial charge on any atom is -0.748 e. The number of carboxylic acid groups (broad SMARTS) is 1. The van der Waals surface area contributed by atoms with E-state index in [0.29, 0.717) is 72.8 Å². The van der Waals surface area contributed by atoms with Crippen LogP contribution in [0.3, 0.4) is 0 Å². The summed E-state index contributed by atoms with van der Waals surface area (Å²) in [5, 5.41) is 16.1. The molecule has 0 spiro atoms. The predicted octanol–water partition coefficient (Wildman–Crippen LogP) is 8.08. The molecule has 1 atom stereocenters. The first-order valence-corrected chi connectivity index (χ1v) is 33.7. The Bertz CT molecular complexity index is 4340. The molecule has 91 heavy (non-hydrogen) atoms. The van der Waals surface area contributed by atoms with Crippen molar-refractivity contribution in [2.24, 2.45) is 0 Å². The quantitative estimate of drug-likeness (QED) is 0.0123. The van der Waals surface area contributed by atoms with E-state index in [0.717, 1.165) is 57.0 Å². The van der Waals surface area contributed by atoms with Gasteiger partial charge in [-0.15, -0.1) is 0 Å². The molecule has 479 valence electrons. The number of H-pyrrole nitrogens is 1. The smallest absolute Gasteiger partial charge is 0.326 e. The van der Waals surface area contributed by atoms with E-state index in [1.165, 1.54) is 6.20 Å². The van der Waals surface area contributed by atoms with E-state index in [1.54, 1.807) is 66.7 Å². The number of hydrogen-bond donors (Lipinski definition) is 7. The molecule has 0 saturated carbocycles. The minimum absolute atomic E-state index is 0. The number of nitrogen functional groups attached to an aromatic ring is 1. The number of anilines is 3. The van der Waals surface area contributed by atoms with Crippen LogP contribution in [0.1, 0.15) is 117 Å². The molecule has 23 nitrogen and oxygen atoms in total. The summed E-state index contributed by atoms with van der Waals surface area (Å²) in [6.07, 6.45) is 12.5.